The maximum absolute atomic E-state index is 5.78. The number of fused-ring (bicyclic) bond motifs is 9. The lowest BCUT2D eigenvalue weighted by molar-refractivity contribution is 0.359. The fourth-order valence-corrected chi connectivity index (χ4v) is 16.7. The number of hydrogen-bond acceptors (Lipinski definition) is 9. The van der Waals surface area contributed by atoms with Gasteiger partial charge in [-0.15, -0.1) is 0 Å². The van der Waals surface area contributed by atoms with Crippen molar-refractivity contribution in [3.05, 3.63) is 161 Å². The molecule has 0 aliphatic heterocycles. The predicted octanol–water partition coefficient (Wildman–Crippen LogP) is 18.4. The van der Waals surface area contributed by atoms with Crippen molar-refractivity contribution in [3.8, 4) is 67.5 Å². The fourth-order valence-electron chi connectivity index (χ4n) is 16.7. The molecule has 1 heterocycles. The van der Waals surface area contributed by atoms with E-state index in [1.165, 1.54) is 182 Å². The van der Waals surface area contributed by atoms with Crippen molar-refractivity contribution < 1.29 is 0 Å². The smallest absolute Gasteiger partial charge is 0.164 e. The van der Waals surface area contributed by atoms with Gasteiger partial charge in [-0.2, -0.15) is 0 Å². The van der Waals surface area contributed by atoms with E-state index in [2.05, 4.69) is 241 Å². The third kappa shape index (κ3) is 16.5. The molecule has 0 fully saturated rings. The minimum atomic E-state index is -0.106. The van der Waals surface area contributed by atoms with Gasteiger partial charge in [0.15, 0.2) is 17.5 Å². The highest BCUT2D eigenvalue weighted by atomic mass is 15.1. The first-order chi connectivity index (χ1) is 45.0. The standard InChI is InChI=1S/C84H117N9/c1-88(2)55-31-13-25-49-82(50-26-14-32-56-89(3)4)73-40-22-19-37-67(73)70-46-43-64(61-76(70)82)79-85-80(65-44-47-71-68-38-20-23-41-74(68)83(77(71)62-65,51-27-15-33-57-90(5)6)52-28-16-34-58-91(7)8)87-81(86-79)66-45-48-72-69-39-21-24-42-75(69)84(78(72)63-66,53-29-17-35-59-92(9)10)54-30-18-36-60-93(11)12/h19-24,37-48,61-63H,13-18,25-36,49-60H2,1-12H3. The van der Waals surface area contributed by atoms with Crippen LogP contribution in [0.5, 0.6) is 0 Å². The predicted molar refractivity (Wildman–Crippen MR) is 397 cm³/mol. The Morgan fingerprint density at radius 3 is 0.645 bits per heavy atom. The third-order valence-corrected chi connectivity index (χ3v) is 21.5. The zero-order valence-electron chi connectivity index (χ0n) is 59.9. The van der Waals surface area contributed by atoms with Crippen LogP contribution in [-0.2, 0) is 16.2 Å². The molecule has 6 aromatic carbocycles. The van der Waals surface area contributed by atoms with Crippen LogP contribution in [0.15, 0.2) is 127 Å². The molecule has 3 aliphatic rings. The molecule has 0 saturated carbocycles. The zero-order valence-corrected chi connectivity index (χ0v) is 59.9. The van der Waals surface area contributed by atoms with Crippen molar-refractivity contribution in [3.63, 3.8) is 0 Å². The molecule has 0 N–H and O–H groups in total. The number of rotatable bonds is 39. The first-order valence-corrected chi connectivity index (χ1v) is 36.4. The van der Waals surface area contributed by atoms with Gasteiger partial charge in [-0.1, -0.05) is 186 Å². The van der Waals surface area contributed by atoms with E-state index in [4.69, 9.17) is 15.0 Å². The van der Waals surface area contributed by atoms with Crippen LogP contribution in [0.4, 0.5) is 0 Å². The lowest BCUT2D eigenvalue weighted by Crippen LogP contribution is -2.26. The van der Waals surface area contributed by atoms with Crippen LogP contribution in [0.1, 0.15) is 187 Å². The minimum Gasteiger partial charge on any atom is -0.309 e. The first kappa shape index (κ1) is 69.9. The number of unbranched alkanes of at least 4 members (excludes halogenated alkanes) is 12. The van der Waals surface area contributed by atoms with Gasteiger partial charge in [0.1, 0.15) is 0 Å². The third-order valence-electron chi connectivity index (χ3n) is 21.5. The van der Waals surface area contributed by atoms with Gasteiger partial charge >= 0.3 is 0 Å². The largest absolute Gasteiger partial charge is 0.309 e. The van der Waals surface area contributed by atoms with Crippen LogP contribution in [0.2, 0.25) is 0 Å². The molecule has 7 aromatic rings. The highest BCUT2D eigenvalue weighted by Crippen LogP contribution is 2.58. The van der Waals surface area contributed by atoms with E-state index in [-0.39, 0.29) is 16.2 Å². The topological polar surface area (TPSA) is 58.1 Å². The summed E-state index contributed by atoms with van der Waals surface area (Å²) in [5, 5.41) is 0. The summed E-state index contributed by atoms with van der Waals surface area (Å²) in [5.74, 6) is 2.27. The molecule has 0 saturated heterocycles. The summed E-state index contributed by atoms with van der Waals surface area (Å²) in [4.78, 5) is 31.4. The summed E-state index contributed by atoms with van der Waals surface area (Å²) < 4.78 is 0. The van der Waals surface area contributed by atoms with Gasteiger partial charge in [0.2, 0.25) is 0 Å². The molecule has 0 unspecified atom stereocenters. The average Bonchev–Trinajstić information content (AvgIpc) is 1.61. The number of hydrogen-bond donors (Lipinski definition) is 0. The SMILES string of the molecule is CN(C)CCCCCC1(CCCCCN(C)C)c2ccccc2-c2ccc(-c3nc(-c4ccc5c(c4)C(CCCCCN(C)C)(CCCCCN(C)C)c4ccccc4-5)nc(-c4ccc5c(c4)C(CCCCCN(C)C)(CCCCCN(C)C)c4ccccc4-5)n3)cc21. The van der Waals surface area contributed by atoms with E-state index in [0.717, 1.165) is 112 Å². The molecule has 10 rings (SSSR count). The Bertz CT molecular complexity index is 3090. The second-order valence-electron chi connectivity index (χ2n) is 30.2. The summed E-state index contributed by atoms with van der Waals surface area (Å²) in [5.41, 5.74) is 20.1. The molecular formula is C84H117N9. The molecule has 0 amide bonds. The number of benzene rings is 6. The maximum Gasteiger partial charge on any atom is 0.164 e. The van der Waals surface area contributed by atoms with Crippen LogP contribution in [0.3, 0.4) is 0 Å². The van der Waals surface area contributed by atoms with E-state index in [1.54, 1.807) is 0 Å². The van der Waals surface area contributed by atoms with Crippen LogP contribution in [-0.4, -0.2) is 168 Å². The van der Waals surface area contributed by atoms with Crippen molar-refractivity contribution in [1.29, 1.82) is 0 Å². The zero-order chi connectivity index (χ0) is 65.5. The van der Waals surface area contributed by atoms with Crippen LogP contribution >= 0.6 is 0 Å². The molecule has 9 nitrogen and oxygen atoms in total. The van der Waals surface area contributed by atoms with Crippen LogP contribution in [0.25, 0.3) is 67.5 Å². The molecule has 1 aromatic heterocycles. The van der Waals surface area contributed by atoms with Gasteiger partial charge in [-0.05, 0) is 286 Å². The van der Waals surface area contributed by atoms with Gasteiger partial charge in [-0.3, -0.25) is 0 Å². The van der Waals surface area contributed by atoms with Crippen LogP contribution in [0, 0.1) is 0 Å². The van der Waals surface area contributed by atoms with Crippen molar-refractivity contribution in [2.45, 2.75) is 170 Å². The molecule has 0 atom stereocenters. The van der Waals surface area contributed by atoms with Gasteiger partial charge < -0.3 is 29.4 Å². The lowest BCUT2D eigenvalue weighted by Gasteiger charge is -2.33. The molecule has 498 valence electrons. The number of nitrogens with zero attached hydrogens (tertiary/aromatic N) is 9. The van der Waals surface area contributed by atoms with Crippen molar-refractivity contribution in [2.24, 2.45) is 0 Å². The quantitative estimate of drug-likeness (QED) is 0.0351. The molecule has 0 bridgehead atoms. The molecule has 0 radical (unpaired) electrons. The van der Waals surface area contributed by atoms with Crippen LogP contribution < -0.4 is 0 Å². The minimum absolute atomic E-state index is 0.106. The Hall–Kier alpha value is -5.91. The highest BCUT2D eigenvalue weighted by Gasteiger charge is 2.45. The Morgan fingerprint density at radius 1 is 0.226 bits per heavy atom. The molecule has 3 aliphatic carbocycles. The fraction of sp³-hybridized carbons (Fsp3) is 0.536. The Labute approximate surface area is 563 Å². The first-order valence-electron chi connectivity index (χ1n) is 36.4. The van der Waals surface area contributed by atoms with Gasteiger partial charge in [0.25, 0.3) is 0 Å². The van der Waals surface area contributed by atoms with E-state index in [0.29, 0.717) is 0 Å². The Balaban J connectivity index is 1.14. The summed E-state index contributed by atoms with van der Waals surface area (Å²) in [6, 6.07) is 50.2. The molecule has 93 heavy (non-hydrogen) atoms. The van der Waals surface area contributed by atoms with E-state index < -0.39 is 0 Å². The van der Waals surface area contributed by atoms with E-state index in [9.17, 15) is 0 Å². The Morgan fingerprint density at radius 2 is 0.430 bits per heavy atom. The van der Waals surface area contributed by atoms with Crippen molar-refractivity contribution in [1.82, 2.24) is 44.4 Å². The van der Waals surface area contributed by atoms with Gasteiger partial charge in [0.05, 0.1) is 0 Å². The maximum atomic E-state index is 5.78. The van der Waals surface area contributed by atoms with E-state index in [1.807, 2.05) is 0 Å². The normalized spacial score (nSPS) is 14.6. The lowest BCUT2D eigenvalue weighted by atomic mass is 9.70. The van der Waals surface area contributed by atoms with Gasteiger partial charge in [0, 0.05) is 32.9 Å². The monoisotopic (exact) mass is 1250 g/mol. The highest BCUT2D eigenvalue weighted by molar-refractivity contribution is 5.87. The summed E-state index contributed by atoms with van der Waals surface area (Å²) >= 11 is 0. The summed E-state index contributed by atoms with van der Waals surface area (Å²) in [7, 11) is 26.5. The average molecular weight is 1250 g/mol. The molecule has 9 heteroatoms. The van der Waals surface area contributed by atoms with Crippen molar-refractivity contribution in [2.75, 3.05) is 124 Å². The Kier molecular flexibility index (Phi) is 24.6. The van der Waals surface area contributed by atoms with Crippen molar-refractivity contribution >= 4 is 0 Å². The summed E-state index contributed by atoms with van der Waals surface area (Å²) in [6.07, 6.45) is 28.5. The molecule has 0 spiro atoms. The summed E-state index contributed by atoms with van der Waals surface area (Å²) in [6.45, 7) is 6.73. The second kappa shape index (κ2) is 32.7. The van der Waals surface area contributed by atoms with Gasteiger partial charge in [-0.25, -0.2) is 15.0 Å². The van der Waals surface area contributed by atoms with E-state index >= 15 is 0 Å². The number of aromatic nitrogens is 3. The molecular weight excluding hydrogens is 1130 g/mol. The second-order valence-corrected chi connectivity index (χ2v) is 30.2.